The van der Waals surface area contributed by atoms with Crippen LogP contribution in [0.1, 0.15) is 17.3 Å². The van der Waals surface area contributed by atoms with Gasteiger partial charge in [0, 0.05) is 41.4 Å². The molecule has 0 unspecified atom stereocenters. The number of hydrogen-bond acceptors (Lipinski definition) is 5. The predicted molar refractivity (Wildman–Crippen MR) is 105 cm³/mol. The fraction of sp³-hybridized carbons (Fsp3) is 0.0526. The van der Waals surface area contributed by atoms with Gasteiger partial charge in [-0.15, -0.1) is 0 Å². The van der Waals surface area contributed by atoms with E-state index in [2.05, 4.69) is 25.9 Å². The van der Waals surface area contributed by atoms with Gasteiger partial charge in [0.05, 0.1) is 5.56 Å². The molecule has 0 fully saturated rings. The molecule has 0 atom stereocenters. The van der Waals surface area contributed by atoms with Crippen LogP contribution in [0.15, 0.2) is 60.9 Å². The van der Waals surface area contributed by atoms with Crippen molar-refractivity contribution >= 4 is 46.4 Å². The number of anilines is 4. The number of nitrogens with zero attached hydrogens (tertiary/aromatic N) is 2. The first kappa shape index (κ1) is 18.3. The van der Waals surface area contributed by atoms with Gasteiger partial charge in [-0.2, -0.15) is 0 Å². The number of hydrogen-bond donors (Lipinski definition) is 3. The highest BCUT2D eigenvalue weighted by molar-refractivity contribution is 6.30. The van der Waals surface area contributed by atoms with E-state index in [-0.39, 0.29) is 11.8 Å². The van der Waals surface area contributed by atoms with E-state index < -0.39 is 0 Å². The van der Waals surface area contributed by atoms with E-state index in [4.69, 9.17) is 11.6 Å². The third kappa shape index (κ3) is 5.26. The van der Waals surface area contributed by atoms with E-state index in [1.807, 2.05) is 12.1 Å². The van der Waals surface area contributed by atoms with Crippen LogP contribution in [0.3, 0.4) is 0 Å². The second-order valence-corrected chi connectivity index (χ2v) is 6.08. The Labute approximate surface area is 160 Å². The number of rotatable bonds is 5. The summed E-state index contributed by atoms with van der Waals surface area (Å²) in [6.45, 7) is 1.42. The molecule has 7 nitrogen and oxygen atoms in total. The third-order valence-corrected chi connectivity index (χ3v) is 3.67. The van der Waals surface area contributed by atoms with Crippen LogP contribution in [-0.2, 0) is 4.79 Å². The molecule has 27 heavy (non-hydrogen) atoms. The van der Waals surface area contributed by atoms with Crippen LogP contribution >= 0.6 is 11.6 Å². The first-order chi connectivity index (χ1) is 13.0. The lowest BCUT2D eigenvalue weighted by Gasteiger charge is -2.08. The van der Waals surface area contributed by atoms with Gasteiger partial charge in [0.25, 0.3) is 5.91 Å². The quantitative estimate of drug-likeness (QED) is 0.618. The molecule has 3 aromatic rings. The molecular weight excluding hydrogens is 366 g/mol. The van der Waals surface area contributed by atoms with E-state index >= 15 is 0 Å². The molecule has 0 aliphatic heterocycles. The molecule has 0 radical (unpaired) electrons. The summed E-state index contributed by atoms with van der Waals surface area (Å²) in [7, 11) is 0. The van der Waals surface area contributed by atoms with Gasteiger partial charge in [0.2, 0.25) is 11.9 Å². The summed E-state index contributed by atoms with van der Waals surface area (Å²) in [6, 6.07) is 14.0. The number of benzene rings is 2. The maximum atomic E-state index is 12.3. The second kappa shape index (κ2) is 8.29. The molecule has 0 bridgehead atoms. The summed E-state index contributed by atoms with van der Waals surface area (Å²) >= 11 is 5.94. The van der Waals surface area contributed by atoms with Gasteiger partial charge in [-0.25, -0.2) is 9.97 Å². The van der Waals surface area contributed by atoms with Gasteiger partial charge < -0.3 is 16.0 Å². The standard InChI is InChI=1S/C19H16ClN5O2/c1-12(26)23-16-6-3-7-17(9-16)24-18(27)13-10-21-19(22-11-13)25-15-5-2-4-14(20)8-15/h2-11H,1H3,(H,23,26)(H,24,27)(H,21,22,25). The Balaban J connectivity index is 1.66. The number of amides is 2. The zero-order chi connectivity index (χ0) is 19.2. The zero-order valence-corrected chi connectivity index (χ0v) is 15.1. The van der Waals surface area contributed by atoms with E-state index in [9.17, 15) is 9.59 Å². The number of nitrogens with one attached hydrogen (secondary N) is 3. The molecule has 8 heteroatoms. The van der Waals surface area contributed by atoms with Crippen molar-refractivity contribution in [3.05, 3.63) is 71.5 Å². The Morgan fingerprint density at radius 3 is 2.19 bits per heavy atom. The molecule has 2 aromatic carbocycles. The van der Waals surface area contributed by atoms with Crippen LogP contribution < -0.4 is 16.0 Å². The number of halogens is 1. The smallest absolute Gasteiger partial charge is 0.258 e. The van der Waals surface area contributed by atoms with Gasteiger partial charge in [-0.1, -0.05) is 23.7 Å². The molecule has 1 heterocycles. The molecular formula is C19H16ClN5O2. The summed E-state index contributed by atoms with van der Waals surface area (Å²) < 4.78 is 0. The average molecular weight is 382 g/mol. The molecule has 0 aliphatic rings. The van der Waals surface area contributed by atoms with Crippen molar-refractivity contribution in [2.24, 2.45) is 0 Å². The highest BCUT2D eigenvalue weighted by atomic mass is 35.5. The monoisotopic (exact) mass is 381 g/mol. The van der Waals surface area contributed by atoms with Crippen LogP contribution in [-0.4, -0.2) is 21.8 Å². The lowest BCUT2D eigenvalue weighted by atomic mass is 10.2. The normalized spacial score (nSPS) is 10.1. The van der Waals surface area contributed by atoms with Gasteiger partial charge in [-0.05, 0) is 36.4 Å². The van der Waals surface area contributed by atoms with Gasteiger partial charge in [0.1, 0.15) is 0 Å². The van der Waals surface area contributed by atoms with E-state index in [1.54, 1.807) is 36.4 Å². The number of aromatic nitrogens is 2. The lowest BCUT2D eigenvalue weighted by molar-refractivity contribution is -0.114. The van der Waals surface area contributed by atoms with Gasteiger partial charge in [-0.3, -0.25) is 9.59 Å². The molecule has 1 aromatic heterocycles. The van der Waals surface area contributed by atoms with Crippen LogP contribution in [0.2, 0.25) is 5.02 Å². The van der Waals surface area contributed by atoms with Crippen LogP contribution in [0.5, 0.6) is 0 Å². The lowest BCUT2D eigenvalue weighted by Crippen LogP contribution is -2.13. The Bertz CT molecular complexity index is 976. The van der Waals surface area contributed by atoms with Gasteiger partial charge in [0.15, 0.2) is 0 Å². The Morgan fingerprint density at radius 2 is 1.52 bits per heavy atom. The maximum Gasteiger partial charge on any atom is 0.258 e. The third-order valence-electron chi connectivity index (χ3n) is 3.44. The fourth-order valence-electron chi connectivity index (χ4n) is 2.29. The van der Waals surface area contributed by atoms with Crippen molar-refractivity contribution < 1.29 is 9.59 Å². The minimum Gasteiger partial charge on any atom is -0.326 e. The van der Waals surface area contributed by atoms with Crippen molar-refractivity contribution in [2.45, 2.75) is 6.92 Å². The maximum absolute atomic E-state index is 12.3. The van der Waals surface area contributed by atoms with E-state index in [0.717, 1.165) is 5.69 Å². The fourth-order valence-corrected chi connectivity index (χ4v) is 2.48. The molecule has 2 amide bonds. The van der Waals surface area contributed by atoms with Crippen molar-refractivity contribution in [1.29, 1.82) is 0 Å². The average Bonchev–Trinajstić information content (AvgIpc) is 2.62. The van der Waals surface area contributed by atoms with Crippen LogP contribution in [0.25, 0.3) is 0 Å². The molecule has 0 saturated heterocycles. The molecule has 3 rings (SSSR count). The van der Waals surface area contributed by atoms with Crippen LogP contribution in [0.4, 0.5) is 23.0 Å². The Kier molecular flexibility index (Phi) is 5.63. The molecule has 0 spiro atoms. The predicted octanol–water partition coefficient (Wildman–Crippen LogP) is 4.08. The zero-order valence-electron chi connectivity index (χ0n) is 14.4. The van der Waals surface area contributed by atoms with E-state index in [1.165, 1.54) is 19.3 Å². The molecule has 0 aliphatic carbocycles. The minimum absolute atomic E-state index is 0.185. The first-order valence-corrected chi connectivity index (χ1v) is 8.41. The van der Waals surface area contributed by atoms with Crippen molar-refractivity contribution in [3.8, 4) is 0 Å². The molecule has 0 saturated carbocycles. The Hall–Kier alpha value is -3.45. The molecule has 3 N–H and O–H groups in total. The second-order valence-electron chi connectivity index (χ2n) is 5.65. The minimum atomic E-state index is -0.357. The Morgan fingerprint density at radius 1 is 0.889 bits per heavy atom. The highest BCUT2D eigenvalue weighted by Crippen LogP contribution is 2.18. The number of carbonyl (C=O) groups excluding carboxylic acids is 2. The van der Waals surface area contributed by atoms with Crippen molar-refractivity contribution in [2.75, 3.05) is 16.0 Å². The summed E-state index contributed by atoms with van der Waals surface area (Å²) in [5, 5.41) is 9.00. The van der Waals surface area contributed by atoms with Crippen LogP contribution in [0, 0.1) is 0 Å². The SMILES string of the molecule is CC(=O)Nc1cccc(NC(=O)c2cnc(Nc3cccc(Cl)c3)nc2)c1. The summed E-state index contributed by atoms with van der Waals surface area (Å²) in [6.07, 6.45) is 2.85. The molecule has 136 valence electrons. The largest absolute Gasteiger partial charge is 0.326 e. The van der Waals surface area contributed by atoms with Crippen molar-refractivity contribution in [1.82, 2.24) is 9.97 Å². The summed E-state index contributed by atoms with van der Waals surface area (Å²) in [5.41, 5.74) is 2.19. The van der Waals surface area contributed by atoms with Crippen molar-refractivity contribution in [3.63, 3.8) is 0 Å². The number of carbonyl (C=O) groups is 2. The first-order valence-electron chi connectivity index (χ1n) is 8.03. The van der Waals surface area contributed by atoms with Gasteiger partial charge >= 0.3 is 0 Å². The van der Waals surface area contributed by atoms with E-state index in [0.29, 0.717) is 27.9 Å². The topological polar surface area (TPSA) is 96.0 Å². The summed E-state index contributed by atoms with van der Waals surface area (Å²) in [4.78, 5) is 31.7. The summed E-state index contributed by atoms with van der Waals surface area (Å²) in [5.74, 6) is -0.194. The highest BCUT2D eigenvalue weighted by Gasteiger charge is 2.09.